The number of thiophene rings is 1. The van der Waals surface area contributed by atoms with E-state index < -0.39 is 0 Å². The number of thioether (sulfide) groups is 1. The molecule has 5 rings (SSSR count). The number of hydrogen-bond donors (Lipinski definition) is 1. The molecule has 8 heteroatoms. The summed E-state index contributed by atoms with van der Waals surface area (Å²) in [5.41, 5.74) is 2.01. The van der Waals surface area contributed by atoms with Crippen LogP contribution in [0.1, 0.15) is 48.4 Å². The number of nitrogens with one attached hydrogen (secondary N) is 1. The van der Waals surface area contributed by atoms with Crippen molar-refractivity contribution in [3.8, 4) is 11.5 Å². The highest BCUT2D eigenvalue weighted by Gasteiger charge is 2.30. The SMILES string of the molecule is COc1ccc(OC)c(NC(=O)CSc2nc(C3CC3)nc3sc4c(c23)CC[C@H](C)C4)c1. The summed E-state index contributed by atoms with van der Waals surface area (Å²) in [6, 6.07) is 5.36. The largest absolute Gasteiger partial charge is 0.497 e. The summed E-state index contributed by atoms with van der Waals surface area (Å²) in [5, 5.41) is 5.09. The molecule has 1 fully saturated rings. The fourth-order valence-corrected chi connectivity index (χ4v) is 6.50. The molecule has 1 aromatic carbocycles. The van der Waals surface area contributed by atoms with E-state index in [1.807, 2.05) is 11.3 Å². The first-order valence-electron chi connectivity index (χ1n) is 11.0. The Hall–Kier alpha value is -2.32. The van der Waals surface area contributed by atoms with E-state index in [0.29, 0.717) is 29.0 Å². The van der Waals surface area contributed by atoms with E-state index in [9.17, 15) is 4.79 Å². The molecule has 0 unspecified atom stereocenters. The maximum atomic E-state index is 12.8. The number of aromatic nitrogens is 2. The van der Waals surface area contributed by atoms with E-state index in [-0.39, 0.29) is 11.7 Å². The summed E-state index contributed by atoms with van der Waals surface area (Å²) in [6.07, 6.45) is 5.71. The molecule has 32 heavy (non-hydrogen) atoms. The normalized spacial score (nSPS) is 17.8. The molecule has 2 aromatic heterocycles. The zero-order chi connectivity index (χ0) is 22.2. The number of carbonyl (C=O) groups excluding carboxylic acids is 1. The van der Waals surface area contributed by atoms with Crippen molar-refractivity contribution in [3.05, 3.63) is 34.5 Å². The Bertz CT molecular complexity index is 1170. The predicted octanol–water partition coefficient (Wildman–Crippen LogP) is 5.44. The van der Waals surface area contributed by atoms with Crippen LogP contribution in [0.25, 0.3) is 10.2 Å². The van der Waals surface area contributed by atoms with Gasteiger partial charge in [-0.05, 0) is 55.7 Å². The van der Waals surface area contributed by atoms with E-state index >= 15 is 0 Å². The summed E-state index contributed by atoms with van der Waals surface area (Å²) in [7, 11) is 3.19. The molecule has 0 saturated heterocycles. The number of rotatable bonds is 7. The molecular weight excluding hydrogens is 442 g/mol. The van der Waals surface area contributed by atoms with Crippen molar-refractivity contribution in [1.29, 1.82) is 0 Å². The topological polar surface area (TPSA) is 73.3 Å². The molecular formula is C24H27N3O3S2. The van der Waals surface area contributed by atoms with Crippen molar-refractivity contribution in [2.75, 3.05) is 25.3 Å². The van der Waals surface area contributed by atoms with Gasteiger partial charge < -0.3 is 14.8 Å². The van der Waals surface area contributed by atoms with Crippen LogP contribution in [0.4, 0.5) is 5.69 Å². The number of carbonyl (C=O) groups is 1. The number of methoxy groups -OCH3 is 2. The second-order valence-electron chi connectivity index (χ2n) is 8.60. The summed E-state index contributed by atoms with van der Waals surface area (Å²) in [6.45, 7) is 2.32. The first-order valence-corrected chi connectivity index (χ1v) is 12.8. The second-order valence-corrected chi connectivity index (χ2v) is 10.6. The minimum absolute atomic E-state index is 0.0981. The number of hydrogen-bond acceptors (Lipinski definition) is 7. The third kappa shape index (κ3) is 4.30. The number of ether oxygens (including phenoxy) is 2. The van der Waals surface area contributed by atoms with Crippen LogP contribution in [-0.2, 0) is 17.6 Å². The van der Waals surface area contributed by atoms with Gasteiger partial charge in [0, 0.05) is 22.2 Å². The molecule has 1 atom stereocenters. The lowest BCUT2D eigenvalue weighted by Gasteiger charge is -2.18. The molecule has 0 radical (unpaired) electrons. The number of fused-ring (bicyclic) bond motifs is 3. The Morgan fingerprint density at radius 3 is 2.81 bits per heavy atom. The number of anilines is 1. The number of amides is 1. The van der Waals surface area contributed by atoms with Crippen LogP contribution in [0.3, 0.4) is 0 Å². The second kappa shape index (κ2) is 8.90. The number of benzene rings is 1. The Labute approximate surface area is 196 Å². The van der Waals surface area contributed by atoms with Gasteiger partial charge in [0.05, 0.1) is 25.7 Å². The molecule has 6 nitrogen and oxygen atoms in total. The van der Waals surface area contributed by atoms with Gasteiger partial charge in [0.1, 0.15) is 27.2 Å². The average molecular weight is 470 g/mol. The van der Waals surface area contributed by atoms with Crippen molar-refractivity contribution < 1.29 is 14.3 Å². The van der Waals surface area contributed by atoms with Gasteiger partial charge >= 0.3 is 0 Å². The molecule has 1 N–H and O–H groups in total. The fourth-order valence-electron chi connectivity index (χ4n) is 4.19. The minimum atomic E-state index is -0.0981. The van der Waals surface area contributed by atoms with E-state index in [4.69, 9.17) is 19.4 Å². The van der Waals surface area contributed by atoms with Gasteiger partial charge in [-0.3, -0.25) is 4.79 Å². The summed E-state index contributed by atoms with van der Waals surface area (Å²) in [5.74, 6) is 3.58. The van der Waals surface area contributed by atoms with Crippen molar-refractivity contribution in [1.82, 2.24) is 9.97 Å². The quantitative estimate of drug-likeness (QED) is 0.367. The Balaban J connectivity index is 1.40. The fraction of sp³-hybridized carbons (Fsp3) is 0.458. The highest BCUT2D eigenvalue weighted by Crippen LogP contribution is 2.44. The Kier molecular flexibility index (Phi) is 5.99. The predicted molar refractivity (Wildman–Crippen MR) is 129 cm³/mol. The molecule has 0 spiro atoms. The van der Waals surface area contributed by atoms with E-state index in [0.717, 1.165) is 41.4 Å². The first-order chi connectivity index (χ1) is 15.6. The molecule has 0 bridgehead atoms. The molecule has 2 aliphatic carbocycles. The summed E-state index contributed by atoms with van der Waals surface area (Å²) >= 11 is 3.34. The minimum Gasteiger partial charge on any atom is -0.497 e. The zero-order valence-corrected chi connectivity index (χ0v) is 20.2. The van der Waals surface area contributed by atoms with Crippen molar-refractivity contribution in [2.24, 2.45) is 5.92 Å². The van der Waals surface area contributed by atoms with Gasteiger partial charge in [0.15, 0.2) is 0 Å². The molecule has 2 heterocycles. The third-order valence-electron chi connectivity index (χ3n) is 6.10. The molecule has 2 aliphatic rings. The first kappa shape index (κ1) is 21.5. The monoisotopic (exact) mass is 469 g/mol. The van der Waals surface area contributed by atoms with Gasteiger partial charge in [-0.25, -0.2) is 9.97 Å². The standard InChI is InChI=1S/C24H27N3O3S2/c1-13-4-8-16-19(10-13)32-24-21(16)23(26-22(27-24)14-5-6-14)31-12-20(28)25-17-11-15(29-2)7-9-18(17)30-3/h7,9,11,13-14H,4-6,8,10,12H2,1-3H3,(H,25,28)/t13-/m0/s1. The van der Waals surface area contributed by atoms with Crippen LogP contribution in [0.2, 0.25) is 0 Å². The van der Waals surface area contributed by atoms with Crippen LogP contribution in [0, 0.1) is 5.92 Å². The van der Waals surface area contributed by atoms with Crippen LogP contribution in [0.5, 0.6) is 11.5 Å². The Morgan fingerprint density at radius 2 is 2.06 bits per heavy atom. The smallest absolute Gasteiger partial charge is 0.234 e. The lowest BCUT2D eigenvalue weighted by molar-refractivity contribution is -0.113. The number of aryl methyl sites for hydroxylation is 1. The Morgan fingerprint density at radius 1 is 1.22 bits per heavy atom. The van der Waals surface area contributed by atoms with Crippen LogP contribution < -0.4 is 14.8 Å². The molecule has 0 aliphatic heterocycles. The number of nitrogens with zero attached hydrogens (tertiary/aromatic N) is 2. The molecule has 1 saturated carbocycles. The lowest BCUT2D eigenvalue weighted by atomic mass is 9.89. The highest BCUT2D eigenvalue weighted by atomic mass is 32.2. The van der Waals surface area contributed by atoms with Crippen LogP contribution in [0.15, 0.2) is 23.2 Å². The van der Waals surface area contributed by atoms with Crippen molar-refractivity contribution in [2.45, 2.75) is 50.0 Å². The van der Waals surface area contributed by atoms with Gasteiger partial charge in [0.25, 0.3) is 0 Å². The molecule has 168 valence electrons. The van der Waals surface area contributed by atoms with Crippen LogP contribution in [-0.4, -0.2) is 35.8 Å². The van der Waals surface area contributed by atoms with Gasteiger partial charge in [-0.2, -0.15) is 0 Å². The van der Waals surface area contributed by atoms with Gasteiger partial charge in [-0.15, -0.1) is 11.3 Å². The maximum absolute atomic E-state index is 12.8. The van der Waals surface area contributed by atoms with Gasteiger partial charge in [0.2, 0.25) is 5.91 Å². The highest BCUT2D eigenvalue weighted by molar-refractivity contribution is 8.00. The van der Waals surface area contributed by atoms with Crippen molar-refractivity contribution >= 4 is 44.9 Å². The third-order valence-corrected chi connectivity index (χ3v) is 8.23. The van der Waals surface area contributed by atoms with Crippen LogP contribution >= 0.6 is 23.1 Å². The summed E-state index contributed by atoms with van der Waals surface area (Å²) in [4.78, 5) is 25.2. The summed E-state index contributed by atoms with van der Waals surface area (Å²) < 4.78 is 10.7. The van der Waals surface area contributed by atoms with E-state index in [1.54, 1.807) is 32.4 Å². The van der Waals surface area contributed by atoms with Gasteiger partial charge in [-0.1, -0.05) is 18.7 Å². The average Bonchev–Trinajstić information content (AvgIpc) is 3.58. The van der Waals surface area contributed by atoms with E-state index in [2.05, 4.69) is 12.2 Å². The van der Waals surface area contributed by atoms with E-state index in [1.165, 1.54) is 34.0 Å². The molecule has 1 amide bonds. The lowest BCUT2D eigenvalue weighted by Crippen LogP contribution is -2.15. The van der Waals surface area contributed by atoms with Crippen molar-refractivity contribution in [3.63, 3.8) is 0 Å². The molecule has 3 aromatic rings. The maximum Gasteiger partial charge on any atom is 0.234 e. The zero-order valence-electron chi connectivity index (χ0n) is 18.6.